The molecular formula is C15H14Cl2FN. The van der Waals surface area contributed by atoms with Crippen molar-refractivity contribution in [1.82, 2.24) is 5.32 Å². The molecule has 0 radical (unpaired) electrons. The summed E-state index contributed by atoms with van der Waals surface area (Å²) in [5.74, 6) is -0.209. The predicted molar refractivity (Wildman–Crippen MR) is 78.1 cm³/mol. The number of benzene rings is 2. The van der Waals surface area contributed by atoms with Crippen molar-refractivity contribution >= 4 is 23.2 Å². The van der Waals surface area contributed by atoms with E-state index < -0.39 is 0 Å². The highest BCUT2D eigenvalue weighted by atomic mass is 35.5. The average Bonchev–Trinajstić information content (AvgIpc) is 2.40. The lowest BCUT2D eigenvalue weighted by Gasteiger charge is -2.15. The van der Waals surface area contributed by atoms with Crippen LogP contribution in [0.1, 0.15) is 24.1 Å². The third-order valence-corrected chi connectivity index (χ3v) is 3.86. The van der Waals surface area contributed by atoms with Crippen LogP contribution in [0.5, 0.6) is 0 Å². The van der Waals surface area contributed by atoms with Gasteiger partial charge in [-0.2, -0.15) is 0 Å². The molecule has 2 aromatic rings. The summed E-state index contributed by atoms with van der Waals surface area (Å²) < 4.78 is 13.6. The minimum Gasteiger partial charge on any atom is -0.306 e. The molecule has 0 bridgehead atoms. The topological polar surface area (TPSA) is 12.0 Å². The zero-order valence-electron chi connectivity index (χ0n) is 10.5. The Morgan fingerprint density at radius 3 is 2.58 bits per heavy atom. The molecule has 1 atom stereocenters. The van der Waals surface area contributed by atoms with Crippen LogP contribution in [-0.2, 0) is 6.54 Å². The summed E-state index contributed by atoms with van der Waals surface area (Å²) in [5.41, 5.74) is 1.54. The van der Waals surface area contributed by atoms with Gasteiger partial charge in [-0.25, -0.2) is 4.39 Å². The molecule has 0 aliphatic heterocycles. The van der Waals surface area contributed by atoms with Crippen LogP contribution in [0, 0.1) is 5.82 Å². The SMILES string of the molecule is CC(NCc1cccc(Cl)c1Cl)c1ccccc1F. The van der Waals surface area contributed by atoms with Gasteiger partial charge >= 0.3 is 0 Å². The Balaban J connectivity index is 2.07. The summed E-state index contributed by atoms with van der Waals surface area (Å²) in [5, 5.41) is 4.31. The molecule has 0 aliphatic rings. The molecule has 0 fully saturated rings. The molecule has 0 amide bonds. The second-order valence-electron chi connectivity index (χ2n) is 4.34. The second kappa shape index (κ2) is 6.38. The van der Waals surface area contributed by atoms with Crippen molar-refractivity contribution in [3.8, 4) is 0 Å². The number of hydrogen-bond acceptors (Lipinski definition) is 1. The fourth-order valence-electron chi connectivity index (χ4n) is 1.88. The molecule has 100 valence electrons. The summed E-state index contributed by atoms with van der Waals surface area (Å²) in [6.07, 6.45) is 0. The fraction of sp³-hybridized carbons (Fsp3) is 0.200. The van der Waals surface area contributed by atoms with Gasteiger partial charge in [-0.1, -0.05) is 53.5 Å². The lowest BCUT2D eigenvalue weighted by Crippen LogP contribution is -2.19. The van der Waals surface area contributed by atoms with Crippen molar-refractivity contribution in [1.29, 1.82) is 0 Å². The van der Waals surface area contributed by atoms with Crippen LogP contribution in [0.4, 0.5) is 4.39 Å². The smallest absolute Gasteiger partial charge is 0.127 e. The van der Waals surface area contributed by atoms with E-state index in [0.29, 0.717) is 22.2 Å². The van der Waals surface area contributed by atoms with Crippen molar-refractivity contribution in [2.45, 2.75) is 19.5 Å². The van der Waals surface area contributed by atoms with Crippen molar-refractivity contribution in [3.63, 3.8) is 0 Å². The van der Waals surface area contributed by atoms with Gasteiger partial charge in [0.25, 0.3) is 0 Å². The Morgan fingerprint density at radius 2 is 1.84 bits per heavy atom. The lowest BCUT2D eigenvalue weighted by atomic mass is 10.1. The number of nitrogens with one attached hydrogen (secondary N) is 1. The zero-order chi connectivity index (χ0) is 13.8. The van der Waals surface area contributed by atoms with Gasteiger partial charge in [-0.3, -0.25) is 0 Å². The van der Waals surface area contributed by atoms with E-state index in [1.807, 2.05) is 25.1 Å². The van der Waals surface area contributed by atoms with Gasteiger partial charge in [0.2, 0.25) is 0 Å². The first-order chi connectivity index (χ1) is 9.09. The Bertz CT molecular complexity index is 572. The monoisotopic (exact) mass is 297 g/mol. The van der Waals surface area contributed by atoms with Gasteiger partial charge < -0.3 is 5.32 Å². The third-order valence-electron chi connectivity index (χ3n) is 3.00. The molecule has 0 saturated carbocycles. The van der Waals surface area contributed by atoms with E-state index in [1.165, 1.54) is 6.07 Å². The van der Waals surface area contributed by atoms with Crippen LogP contribution in [0.25, 0.3) is 0 Å². The summed E-state index contributed by atoms with van der Waals surface area (Å²) in [6.45, 7) is 2.45. The van der Waals surface area contributed by atoms with E-state index in [0.717, 1.165) is 5.56 Å². The summed E-state index contributed by atoms with van der Waals surface area (Å²) in [4.78, 5) is 0. The van der Waals surface area contributed by atoms with Crippen LogP contribution in [0.2, 0.25) is 10.0 Å². The predicted octanol–water partition coefficient (Wildman–Crippen LogP) is 4.98. The molecule has 1 unspecified atom stereocenters. The maximum atomic E-state index is 13.6. The molecule has 2 aromatic carbocycles. The first-order valence-electron chi connectivity index (χ1n) is 6.00. The van der Waals surface area contributed by atoms with E-state index in [-0.39, 0.29) is 11.9 Å². The molecule has 0 aliphatic carbocycles. The van der Waals surface area contributed by atoms with Crippen molar-refractivity contribution in [3.05, 3.63) is 69.5 Å². The van der Waals surface area contributed by atoms with Crippen molar-refractivity contribution in [2.24, 2.45) is 0 Å². The lowest BCUT2D eigenvalue weighted by molar-refractivity contribution is 0.528. The first kappa shape index (κ1) is 14.3. The Morgan fingerprint density at radius 1 is 1.11 bits per heavy atom. The summed E-state index contributed by atoms with van der Waals surface area (Å²) >= 11 is 12.1. The molecule has 19 heavy (non-hydrogen) atoms. The highest BCUT2D eigenvalue weighted by molar-refractivity contribution is 6.42. The highest BCUT2D eigenvalue weighted by Gasteiger charge is 2.11. The molecule has 1 nitrogen and oxygen atoms in total. The van der Waals surface area contributed by atoms with Crippen molar-refractivity contribution in [2.75, 3.05) is 0 Å². The van der Waals surface area contributed by atoms with Gasteiger partial charge in [-0.15, -0.1) is 0 Å². The molecule has 4 heteroatoms. The largest absolute Gasteiger partial charge is 0.306 e. The maximum Gasteiger partial charge on any atom is 0.127 e. The van der Waals surface area contributed by atoms with Crippen LogP contribution in [0.15, 0.2) is 42.5 Å². The van der Waals surface area contributed by atoms with E-state index >= 15 is 0 Å². The van der Waals surface area contributed by atoms with Crippen LogP contribution >= 0.6 is 23.2 Å². The molecule has 0 saturated heterocycles. The van der Waals surface area contributed by atoms with Crippen LogP contribution in [-0.4, -0.2) is 0 Å². The van der Waals surface area contributed by atoms with Crippen LogP contribution < -0.4 is 5.32 Å². The quantitative estimate of drug-likeness (QED) is 0.839. The minimum atomic E-state index is -0.209. The van der Waals surface area contributed by atoms with E-state index in [9.17, 15) is 4.39 Å². The molecule has 0 spiro atoms. The Hall–Kier alpha value is -1.09. The van der Waals surface area contributed by atoms with Crippen LogP contribution in [0.3, 0.4) is 0 Å². The average molecular weight is 298 g/mol. The van der Waals surface area contributed by atoms with E-state index in [2.05, 4.69) is 5.32 Å². The Kier molecular flexibility index (Phi) is 4.81. The third kappa shape index (κ3) is 3.47. The van der Waals surface area contributed by atoms with Gasteiger partial charge in [0.15, 0.2) is 0 Å². The molecular weight excluding hydrogens is 284 g/mol. The standard InChI is InChI=1S/C15H14Cl2FN/c1-10(12-6-2-3-8-14(12)18)19-9-11-5-4-7-13(16)15(11)17/h2-8,10,19H,9H2,1H3. The Labute approximate surface area is 122 Å². The van der Waals surface area contributed by atoms with E-state index in [4.69, 9.17) is 23.2 Å². The molecule has 0 aromatic heterocycles. The molecule has 2 rings (SSSR count). The fourth-order valence-corrected chi connectivity index (χ4v) is 2.27. The van der Waals surface area contributed by atoms with Crippen molar-refractivity contribution < 1.29 is 4.39 Å². The summed E-state index contributed by atoms with van der Waals surface area (Å²) in [6, 6.07) is 12.1. The molecule has 1 N–H and O–H groups in total. The minimum absolute atomic E-state index is 0.101. The normalized spacial score (nSPS) is 12.4. The van der Waals surface area contributed by atoms with Gasteiger partial charge in [0, 0.05) is 18.2 Å². The van der Waals surface area contributed by atoms with Gasteiger partial charge in [0.1, 0.15) is 5.82 Å². The number of rotatable bonds is 4. The molecule has 0 heterocycles. The van der Waals surface area contributed by atoms with E-state index in [1.54, 1.807) is 18.2 Å². The second-order valence-corrected chi connectivity index (χ2v) is 5.12. The zero-order valence-corrected chi connectivity index (χ0v) is 12.0. The van der Waals surface area contributed by atoms with Gasteiger partial charge in [-0.05, 0) is 24.6 Å². The first-order valence-corrected chi connectivity index (χ1v) is 6.76. The number of hydrogen-bond donors (Lipinski definition) is 1. The summed E-state index contributed by atoms with van der Waals surface area (Å²) in [7, 11) is 0. The number of halogens is 3. The van der Waals surface area contributed by atoms with Gasteiger partial charge in [0.05, 0.1) is 10.0 Å². The highest BCUT2D eigenvalue weighted by Crippen LogP contribution is 2.26. The maximum absolute atomic E-state index is 13.6.